The highest BCUT2D eigenvalue weighted by atomic mass is 35.5. The summed E-state index contributed by atoms with van der Waals surface area (Å²) >= 11 is 5.88. The second-order valence-electron chi connectivity index (χ2n) is 5.75. The van der Waals surface area contributed by atoms with Gasteiger partial charge in [-0.1, -0.05) is 17.7 Å². The first-order valence-electron chi connectivity index (χ1n) is 8.18. The number of benzene rings is 1. The molecule has 0 unspecified atom stereocenters. The molecule has 132 valence electrons. The van der Waals surface area contributed by atoms with Crippen LogP contribution in [0.15, 0.2) is 79.5 Å². The molecule has 1 N–H and O–H groups in total. The minimum atomic E-state index is -0.279. The summed E-state index contributed by atoms with van der Waals surface area (Å²) in [4.78, 5) is 21.2. The van der Waals surface area contributed by atoms with Gasteiger partial charge in [-0.3, -0.25) is 9.78 Å². The minimum absolute atomic E-state index is 0.279. The van der Waals surface area contributed by atoms with Crippen LogP contribution in [-0.2, 0) is 0 Å². The summed E-state index contributed by atoms with van der Waals surface area (Å²) in [6, 6.07) is 14.1. The number of anilines is 1. The van der Waals surface area contributed by atoms with Gasteiger partial charge in [0.05, 0.1) is 11.8 Å². The van der Waals surface area contributed by atoms with Crippen molar-refractivity contribution in [3.63, 3.8) is 0 Å². The van der Waals surface area contributed by atoms with Crippen molar-refractivity contribution < 1.29 is 4.79 Å². The Morgan fingerprint density at radius 3 is 2.56 bits per heavy atom. The molecule has 1 amide bonds. The molecule has 4 aromatic rings. The zero-order valence-corrected chi connectivity index (χ0v) is 14.8. The molecule has 0 aliphatic carbocycles. The van der Waals surface area contributed by atoms with E-state index in [-0.39, 0.29) is 5.91 Å². The first-order valence-corrected chi connectivity index (χ1v) is 8.56. The van der Waals surface area contributed by atoms with Crippen LogP contribution in [0.3, 0.4) is 0 Å². The minimum Gasteiger partial charge on any atom is -0.322 e. The van der Waals surface area contributed by atoms with E-state index in [1.165, 1.54) is 0 Å². The fourth-order valence-electron chi connectivity index (χ4n) is 2.61. The summed E-state index contributed by atoms with van der Waals surface area (Å²) in [5.74, 6) is 0.165. The quantitative estimate of drug-likeness (QED) is 0.579. The average Bonchev–Trinajstić information content (AvgIpc) is 3.20. The number of carbonyl (C=O) groups excluding carboxylic acids is 1. The monoisotopic (exact) mass is 375 g/mol. The van der Waals surface area contributed by atoms with Crippen molar-refractivity contribution >= 4 is 23.2 Å². The number of hydrogen-bond donors (Lipinski definition) is 1. The molecule has 3 heterocycles. The molecule has 0 saturated carbocycles. The normalized spacial score (nSPS) is 10.6. The fraction of sp³-hybridized carbons (Fsp3) is 0. The molecule has 0 saturated heterocycles. The standard InChI is InChI=1S/C20H14ClN5O/c21-16-5-7-17(8-6-16)25-20(27)18-4-2-10-23-19(18)26-13-15(12-24-26)14-3-1-9-22-11-14/h1-13H,(H,25,27). The largest absolute Gasteiger partial charge is 0.322 e. The van der Waals surface area contributed by atoms with Gasteiger partial charge in [-0.15, -0.1) is 0 Å². The van der Waals surface area contributed by atoms with Gasteiger partial charge in [-0.25, -0.2) is 9.67 Å². The third kappa shape index (κ3) is 3.70. The Bertz CT molecular complexity index is 1080. The van der Waals surface area contributed by atoms with Crippen molar-refractivity contribution in [1.29, 1.82) is 0 Å². The van der Waals surface area contributed by atoms with E-state index in [0.29, 0.717) is 22.1 Å². The fourth-order valence-corrected chi connectivity index (χ4v) is 2.74. The number of rotatable bonds is 4. The Hall–Kier alpha value is -3.51. The highest BCUT2D eigenvalue weighted by Crippen LogP contribution is 2.20. The maximum atomic E-state index is 12.7. The lowest BCUT2D eigenvalue weighted by Crippen LogP contribution is -2.16. The van der Waals surface area contributed by atoms with Gasteiger partial charge in [0.2, 0.25) is 0 Å². The molecule has 4 rings (SSSR count). The van der Waals surface area contributed by atoms with E-state index in [1.54, 1.807) is 65.9 Å². The van der Waals surface area contributed by atoms with Gasteiger partial charge < -0.3 is 5.32 Å². The van der Waals surface area contributed by atoms with Crippen LogP contribution < -0.4 is 5.32 Å². The van der Waals surface area contributed by atoms with E-state index >= 15 is 0 Å². The molecule has 0 aliphatic heterocycles. The Balaban J connectivity index is 1.64. The topological polar surface area (TPSA) is 72.7 Å². The predicted octanol–water partition coefficient (Wildman–Crippen LogP) is 4.24. The molecule has 27 heavy (non-hydrogen) atoms. The number of pyridine rings is 2. The van der Waals surface area contributed by atoms with Gasteiger partial charge in [0.25, 0.3) is 5.91 Å². The number of hydrogen-bond acceptors (Lipinski definition) is 4. The lowest BCUT2D eigenvalue weighted by Gasteiger charge is -2.09. The number of nitrogens with one attached hydrogen (secondary N) is 1. The number of carbonyl (C=O) groups is 1. The second-order valence-corrected chi connectivity index (χ2v) is 6.19. The number of amides is 1. The van der Waals surface area contributed by atoms with Crippen LogP contribution in [0.2, 0.25) is 5.02 Å². The van der Waals surface area contributed by atoms with E-state index in [0.717, 1.165) is 11.1 Å². The molecule has 6 nitrogen and oxygen atoms in total. The first kappa shape index (κ1) is 16.9. The predicted molar refractivity (Wildman–Crippen MR) is 104 cm³/mol. The Kier molecular flexibility index (Phi) is 4.63. The molecule has 0 spiro atoms. The van der Waals surface area contributed by atoms with Gasteiger partial charge in [-0.2, -0.15) is 5.10 Å². The van der Waals surface area contributed by atoms with Gasteiger partial charge in [0.15, 0.2) is 5.82 Å². The molecular weight excluding hydrogens is 362 g/mol. The van der Waals surface area contributed by atoms with Gasteiger partial charge in [0, 0.05) is 46.6 Å². The third-order valence-corrected chi connectivity index (χ3v) is 4.18. The van der Waals surface area contributed by atoms with E-state index in [1.807, 2.05) is 18.3 Å². The van der Waals surface area contributed by atoms with Crippen LogP contribution in [-0.4, -0.2) is 25.7 Å². The lowest BCUT2D eigenvalue weighted by atomic mass is 10.2. The smallest absolute Gasteiger partial charge is 0.259 e. The molecule has 0 fully saturated rings. The van der Waals surface area contributed by atoms with Crippen molar-refractivity contribution in [2.24, 2.45) is 0 Å². The van der Waals surface area contributed by atoms with E-state index in [2.05, 4.69) is 20.4 Å². The molecule has 0 atom stereocenters. The summed E-state index contributed by atoms with van der Waals surface area (Å²) < 4.78 is 1.58. The SMILES string of the molecule is O=C(Nc1ccc(Cl)cc1)c1cccnc1-n1cc(-c2cccnc2)cn1. The van der Waals surface area contributed by atoms with Crippen LogP contribution in [0.1, 0.15) is 10.4 Å². The summed E-state index contributed by atoms with van der Waals surface area (Å²) in [6.07, 6.45) is 8.63. The summed E-state index contributed by atoms with van der Waals surface area (Å²) in [6.45, 7) is 0. The molecule has 0 aliphatic rings. The average molecular weight is 376 g/mol. The van der Waals surface area contributed by atoms with Crippen molar-refractivity contribution in [2.75, 3.05) is 5.32 Å². The first-order chi connectivity index (χ1) is 13.2. The van der Waals surface area contributed by atoms with Gasteiger partial charge in [-0.05, 0) is 42.5 Å². The summed E-state index contributed by atoms with van der Waals surface area (Å²) in [5, 5.41) is 7.80. The molecule has 3 aromatic heterocycles. The maximum Gasteiger partial charge on any atom is 0.259 e. The highest BCUT2D eigenvalue weighted by Gasteiger charge is 2.15. The molecule has 7 heteroatoms. The number of aromatic nitrogens is 4. The highest BCUT2D eigenvalue weighted by molar-refractivity contribution is 6.30. The lowest BCUT2D eigenvalue weighted by molar-refractivity contribution is 0.102. The molecule has 0 bridgehead atoms. The maximum absolute atomic E-state index is 12.7. The van der Waals surface area contributed by atoms with Crippen molar-refractivity contribution in [2.45, 2.75) is 0 Å². The van der Waals surface area contributed by atoms with Crippen LogP contribution in [0.25, 0.3) is 16.9 Å². The van der Waals surface area contributed by atoms with Gasteiger partial charge in [0.1, 0.15) is 0 Å². The van der Waals surface area contributed by atoms with E-state index in [4.69, 9.17) is 11.6 Å². The number of nitrogens with zero attached hydrogens (tertiary/aromatic N) is 4. The Labute approximate surface area is 160 Å². The summed E-state index contributed by atoms with van der Waals surface area (Å²) in [7, 11) is 0. The van der Waals surface area contributed by atoms with Crippen LogP contribution in [0.5, 0.6) is 0 Å². The van der Waals surface area contributed by atoms with E-state index < -0.39 is 0 Å². The third-order valence-electron chi connectivity index (χ3n) is 3.93. The number of halogens is 1. The van der Waals surface area contributed by atoms with Crippen LogP contribution in [0, 0.1) is 0 Å². The van der Waals surface area contributed by atoms with Crippen LogP contribution >= 0.6 is 11.6 Å². The zero-order chi connectivity index (χ0) is 18.6. The second kappa shape index (κ2) is 7.39. The molecule has 0 radical (unpaired) electrons. The zero-order valence-electron chi connectivity index (χ0n) is 14.1. The molecular formula is C20H14ClN5O. The van der Waals surface area contributed by atoms with Crippen molar-refractivity contribution in [3.8, 4) is 16.9 Å². The molecule has 1 aromatic carbocycles. The van der Waals surface area contributed by atoms with E-state index in [9.17, 15) is 4.79 Å². The van der Waals surface area contributed by atoms with Crippen LogP contribution in [0.4, 0.5) is 5.69 Å². The van der Waals surface area contributed by atoms with Crippen molar-refractivity contribution in [1.82, 2.24) is 19.7 Å². The Morgan fingerprint density at radius 2 is 1.78 bits per heavy atom. The summed E-state index contributed by atoms with van der Waals surface area (Å²) in [5.41, 5.74) is 2.88. The van der Waals surface area contributed by atoms with Crippen molar-refractivity contribution in [3.05, 3.63) is 90.1 Å². The Morgan fingerprint density at radius 1 is 0.963 bits per heavy atom. The van der Waals surface area contributed by atoms with Gasteiger partial charge >= 0.3 is 0 Å².